The van der Waals surface area contributed by atoms with Gasteiger partial charge in [-0.15, -0.1) is 0 Å². The summed E-state index contributed by atoms with van der Waals surface area (Å²) in [6.07, 6.45) is 3.65. The van der Waals surface area contributed by atoms with Crippen LogP contribution in [0.2, 0.25) is 10.0 Å². The maximum absolute atomic E-state index is 13.2. The summed E-state index contributed by atoms with van der Waals surface area (Å²) in [5.41, 5.74) is 1.64. The van der Waals surface area contributed by atoms with Gasteiger partial charge in [0.05, 0.1) is 28.8 Å². The van der Waals surface area contributed by atoms with Gasteiger partial charge in [-0.25, -0.2) is 4.79 Å². The molecule has 1 aromatic rings. The van der Waals surface area contributed by atoms with Crippen molar-refractivity contribution in [1.82, 2.24) is 0 Å². The van der Waals surface area contributed by atoms with Crippen LogP contribution in [-0.2, 0) is 28.5 Å². The average molecular weight is 514 g/mol. The molecule has 2 unspecified atom stereocenters. The maximum Gasteiger partial charge on any atom is 0.338 e. The summed E-state index contributed by atoms with van der Waals surface area (Å²) in [7, 11) is 0. The summed E-state index contributed by atoms with van der Waals surface area (Å²) in [5, 5.41) is 0.556. The fraction of sp³-hybridized carbons (Fsp3) is 0.560. The van der Waals surface area contributed by atoms with Crippen LogP contribution in [0.5, 0.6) is 0 Å². The van der Waals surface area contributed by atoms with E-state index in [0.717, 1.165) is 25.7 Å². The van der Waals surface area contributed by atoms with Crippen LogP contribution >= 0.6 is 23.2 Å². The van der Waals surface area contributed by atoms with Crippen LogP contribution in [0.15, 0.2) is 34.5 Å². The number of benzene rings is 1. The van der Waals surface area contributed by atoms with E-state index in [1.54, 1.807) is 32.0 Å². The molecule has 1 heterocycles. The Labute approximate surface area is 211 Å². The second-order valence-electron chi connectivity index (χ2n) is 8.01. The third-order valence-corrected chi connectivity index (χ3v) is 6.29. The van der Waals surface area contributed by atoms with Crippen molar-refractivity contribution in [2.24, 2.45) is 10.9 Å². The lowest BCUT2D eigenvalue weighted by Gasteiger charge is -2.32. The summed E-state index contributed by atoms with van der Waals surface area (Å²) >= 11 is 12.8. The molecule has 1 aliphatic heterocycles. The molecule has 7 nitrogen and oxygen atoms in total. The minimum atomic E-state index is -0.905. The van der Waals surface area contributed by atoms with Crippen molar-refractivity contribution >= 4 is 40.9 Å². The second-order valence-corrected chi connectivity index (χ2v) is 8.79. The van der Waals surface area contributed by atoms with Gasteiger partial charge in [-0.2, -0.15) is 0 Å². The molecule has 0 fully saturated rings. The highest BCUT2D eigenvalue weighted by Gasteiger charge is 2.43. The van der Waals surface area contributed by atoms with Crippen molar-refractivity contribution in [2.45, 2.75) is 59.3 Å². The Morgan fingerprint density at radius 2 is 1.59 bits per heavy atom. The van der Waals surface area contributed by atoms with E-state index in [-0.39, 0.29) is 24.2 Å². The lowest BCUT2D eigenvalue weighted by Crippen LogP contribution is -2.37. The van der Waals surface area contributed by atoms with Gasteiger partial charge in [-0.05, 0) is 38.3 Å². The predicted octanol–water partition coefficient (Wildman–Crippen LogP) is 6.08. The number of unbranched alkanes of at least 4 members (excludes halogenated alkanes) is 2. The maximum atomic E-state index is 13.2. The zero-order chi connectivity index (χ0) is 25.1. The van der Waals surface area contributed by atoms with Gasteiger partial charge in [0, 0.05) is 17.3 Å². The summed E-state index contributed by atoms with van der Waals surface area (Å²) < 4.78 is 21.5. The van der Waals surface area contributed by atoms with Crippen molar-refractivity contribution in [3.63, 3.8) is 0 Å². The van der Waals surface area contributed by atoms with Gasteiger partial charge < -0.3 is 18.9 Å². The van der Waals surface area contributed by atoms with E-state index >= 15 is 0 Å². The molecule has 0 saturated carbocycles. The third-order valence-electron chi connectivity index (χ3n) is 5.46. The number of halogens is 2. The summed E-state index contributed by atoms with van der Waals surface area (Å²) in [5.74, 6) is -2.91. The van der Waals surface area contributed by atoms with Crippen LogP contribution < -0.4 is 0 Å². The minimum absolute atomic E-state index is 0.188. The van der Waals surface area contributed by atoms with Crippen LogP contribution in [-0.4, -0.2) is 44.4 Å². The highest BCUT2D eigenvalue weighted by Crippen LogP contribution is 2.44. The molecule has 2 rings (SSSR count). The molecule has 1 aromatic carbocycles. The Morgan fingerprint density at radius 3 is 2.21 bits per heavy atom. The number of allylic oxidation sites excluding steroid dienone is 1. The second kappa shape index (κ2) is 14.5. The van der Waals surface area contributed by atoms with Gasteiger partial charge in [0.1, 0.15) is 5.92 Å². The molecule has 0 aromatic heterocycles. The quantitative estimate of drug-likeness (QED) is 0.180. The third kappa shape index (κ3) is 7.54. The van der Waals surface area contributed by atoms with E-state index in [1.807, 2.05) is 13.8 Å². The molecule has 0 bridgehead atoms. The average Bonchev–Trinajstić information content (AvgIpc) is 2.80. The van der Waals surface area contributed by atoms with Crippen molar-refractivity contribution < 1.29 is 28.5 Å². The van der Waals surface area contributed by atoms with Crippen LogP contribution in [0.1, 0.15) is 64.9 Å². The van der Waals surface area contributed by atoms with E-state index < -0.39 is 23.8 Å². The summed E-state index contributed by atoms with van der Waals surface area (Å²) in [6.45, 7) is 8.07. The predicted molar refractivity (Wildman–Crippen MR) is 132 cm³/mol. The van der Waals surface area contributed by atoms with Crippen LogP contribution in [0.4, 0.5) is 0 Å². The van der Waals surface area contributed by atoms with E-state index in [2.05, 4.69) is 4.99 Å². The number of esters is 2. The molecule has 34 heavy (non-hydrogen) atoms. The van der Waals surface area contributed by atoms with Crippen LogP contribution in [0.25, 0.3) is 0 Å². The topological polar surface area (TPSA) is 83.4 Å². The molecule has 0 saturated heterocycles. The Balaban J connectivity index is 2.36. The first-order valence-electron chi connectivity index (χ1n) is 11.5. The highest BCUT2D eigenvalue weighted by molar-refractivity contribution is 6.42. The number of aliphatic imine (C=N–C) groups is 1. The monoisotopic (exact) mass is 513 g/mol. The standard InChI is InChI=1S/C25H33Cl2NO6/c1-5-7-12-31-14-33-24(29)20-16(3)28-17(4)21(25(30)34-15-32-13-8-6-2)22(20)18-10-9-11-19(26)23(18)27/h9-11,20,22H,5-8,12-15H2,1-4H3. The van der Waals surface area contributed by atoms with E-state index in [1.165, 1.54) is 0 Å². The number of hydrogen-bond donors (Lipinski definition) is 0. The van der Waals surface area contributed by atoms with Gasteiger partial charge in [0.2, 0.25) is 0 Å². The molecule has 9 heteroatoms. The van der Waals surface area contributed by atoms with Crippen molar-refractivity contribution in [2.75, 3.05) is 26.8 Å². The smallest absolute Gasteiger partial charge is 0.338 e. The number of carbonyl (C=O) groups is 2. The van der Waals surface area contributed by atoms with E-state index in [4.69, 9.17) is 42.1 Å². The Kier molecular flexibility index (Phi) is 12.0. The number of ether oxygens (including phenoxy) is 4. The molecule has 188 valence electrons. The Hall–Kier alpha value is -1.93. The van der Waals surface area contributed by atoms with Gasteiger partial charge >= 0.3 is 11.9 Å². The number of nitrogens with zero attached hydrogens (tertiary/aromatic N) is 1. The van der Waals surface area contributed by atoms with Gasteiger partial charge in [-0.3, -0.25) is 9.79 Å². The zero-order valence-corrected chi connectivity index (χ0v) is 21.7. The first-order chi connectivity index (χ1) is 16.3. The van der Waals surface area contributed by atoms with Gasteiger partial charge in [0.15, 0.2) is 13.6 Å². The SMILES string of the molecule is CCCCOCOC(=O)C1=C(C)N=C(C)C(C(=O)OCOCCCC)C1c1cccc(Cl)c1Cl. The molecule has 0 spiro atoms. The van der Waals surface area contributed by atoms with Crippen LogP contribution in [0, 0.1) is 5.92 Å². The van der Waals surface area contributed by atoms with Crippen molar-refractivity contribution in [3.8, 4) is 0 Å². The van der Waals surface area contributed by atoms with Crippen LogP contribution in [0.3, 0.4) is 0 Å². The van der Waals surface area contributed by atoms with Gasteiger partial charge in [-0.1, -0.05) is 62.0 Å². The molecule has 0 N–H and O–H groups in total. The summed E-state index contributed by atoms with van der Waals surface area (Å²) in [4.78, 5) is 30.8. The Bertz CT molecular complexity index is 915. The molecule has 0 aliphatic carbocycles. The normalized spacial score (nSPS) is 18.0. The largest absolute Gasteiger partial charge is 0.438 e. The number of carbonyl (C=O) groups excluding carboxylic acids is 2. The number of hydrogen-bond acceptors (Lipinski definition) is 7. The number of rotatable bonds is 13. The molecular weight excluding hydrogens is 481 g/mol. The van der Waals surface area contributed by atoms with Gasteiger partial charge in [0.25, 0.3) is 0 Å². The fourth-order valence-electron chi connectivity index (χ4n) is 3.68. The molecule has 0 radical (unpaired) electrons. The van der Waals surface area contributed by atoms with Crippen molar-refractivity contribution in [1.29, 1.82) is 0 Å². The van der Waals surface area contributed by atoms with Crippen molar-refractivity contribution in [3.05, 3.63) is 45.1 Å². The molecular formula is C25H33Cl2NO6. The minimum Gasteiger partial charge on any atom is -0.438 e. The van der Waals surface area contributed by atoms with E-state index in [0.29, 0.717) is 35.2 Å². The highest BCUT2D eigenvalue weighted by atomic mass is 35.5. The lowest BCUT2D eigenvalue weighted by molar-refractivity contribution is -0.159. The first kappa shape index (κ1) is 28.3. The fourth-order valence-corrected chi connectivity index (χ4v) is 4.10. The first-order valence-corrected chi connectivity index (χ1v) is 12.3. The molecule has 0 amide bonds. The molecule has 1 aliphatic rings. The van der Waals surface area contributed by atoms with E-state index in [9.17, 15) is 9.59 Å². The zero-order valence-electron chi connectivity index (χ0n) is 20.2. The molecule has 2 atom stereocenters. The lowest BCUT2D eigenvalue weighted by atomic mass is 9.75. The summed E-state index contributed by atoms with van der Waals surface area (Å²) in [6, 6.07) is 5.09. The Morgan fingerprint density at radius 1 is 0.971 bits per heavy atom.